The Bertz CT molecular complexity index is 415. The first-order chi connectivity index (χ1) is 7.56. The van der Waals surface area contributed by atoms with Gasteiger partial charge in [-0.2, -0.15) is 0 Å². The summed E-state index contributed by atoms with van der Waals surface area (Å²) in [6, 6.07) is 1.54. The minimum atomic E-state index is -0.531. The zero-order chi connectivity index (χ0) is 12.3. The number of benzene rings is 1. The van der Waals surface area contributed by atoms with E-state index in [9.17, 15) is 4.79 Å². The van der Waals surface area contributed by atoms with E-state index in [2.05, 4.69) is 0 Å². The lowest BCUT2D eigenvalue weighted by atomic mass is 10.1. The van der Waals surface area contributed by atoms with E-state index in [1.807, 2.05) is 0 Å². The maximum atomic E-state index is 11.2. The van der Waals surface area contributed by atoms with E-state index in [1.165, 1.54) is 21.3 Å². The van der Waals surface area contributed by atoms with Crippen LogP contribution in [0.1, 0.15) is 15.9 Å². The molecule has 0 unspecified atom stereocenters. The lowest BCUT2D eigenvalue weighted by molar-refractivity contribution is 0.0999. The number of carbonyl (C=O) groups excluding carboxylic acids is 1. The topological polar surface area (TPSA) is 70.8 Å². The average Bonchev–Trinajstić information content (AvgIpc) is 2.27. The van der Waals surface area contributed by atoms with E-state index < -0.39 is 5.91 Å². The average molecular weight is 225 g/mol. The van der Waals surface area contributed by atoms with Crippen LogP contribution in [0.3, 0.4) is 0 Å². The second-order valence-corrected chi connectivity index (χ2v) is 3.18. The van der Waals surface area contributed by atoms with Gasteiger partial charge in [-0.3, -0.25) is 4.79 Å². The largest absolute Gasteiger partial charge is 0.493 e. The number of nitrogens with two attached hydrogens (primary N) is 1. The van der Waals surface area contributed by atoms with Gasteiger partial charge in [0.2, 0.25) is 11.7 Å². The first-order valence-electron chi connectivity index (χ1n) is 4.66. The Balaban J connectivity index is 3.54. The summed E-state index contributed by atoms with van der Waals surface area (Å²) < 4.78 is 15.5. The van der Waals surface area contributed by atoms with Gasteiger partial charge in [0.25, 0.3) is 0 Å². The highest BCUT2D eigenvalue weighted by atomic mass is 16.5. The minimum Gasteiger partial charge on any atom is -0.493 e. The van der Waals surface area contributed by atoms with Gasteiger partial charge >= 0.3 is 0 Å². The fraction of sp³-hybridized carbons (Fsp3) is 0.364. The fourth-order valence-corrected chi connectivity index (χ4v) is 1.56. The van der Waals surface area contributed by atoms with E-state index in [-0.39, 0.29) is 0 Å². The molecule has 0 aromatic heterocycles. The highest BCUT2D eigenvalue weighted by Gasteiger charge is 2.19. The Morgan fingerprint density at radius 2 is 1.69 bits per heavy atom. The summed E-state index contributed by atoms with van der Waals surface area (Å²) in [6.07, 6.45) is 0. The van der Waals surface area contributed by atoms with Gasteiger partial charge in [-0.1, -0.05) is 0 Å². The molecule has 1 aromatic carbocycles. The summed E-state index contributed by atoms with van der Waals surface area (Å²) in [7, 11) is 4.48. The van der Waals surface area contributed by atoms with E-state index in [1.54, 1.807) is 13.0 Å². The van der Waals surface area contributed by atoms with Crippen molar-refractivity contribution in [1.82, 2.24) is 0 Å². The van der Waals surface area contributed by atoms with Crippen LogP contribution in [0.2, 0.25) is 0 Å². The molecule has 0 bridgehead atoms. The highest BCUT2D eigenvalue weighted by Crippen LogP contribution is 2.41. The van der Waals surface area contributed by atoms with Crippen molar-refractivity contribution in [2.24, 2.45) is 5.73 Å². The lowest BCUT2D eigenvalue weighted by Gasteiger charge is -2.16. The summed E-state index contributed by atoms with van der Waals surface area (Å²) in [6.45, 7) is 1.74. The maximum Gasteiger partial charge on any atom is 0.249 e. The van der Waals surface area contributed by atoms with Gasteiger partial charge in [0.1, 0.15) is 0 Å². The fourth-order valence-electron chi connectivity index (χ4n) is 1.56. The minimum absolute atomic E-state index is 0.356. The lowest BCUT2D eigenvalue weighted by Crippen LogP contribution is -2.14. The number of primary amides is 1. The van der Waals surface area contributed by atoms with Crippen LogP contribution in [0, 0.1) is 6.92 Å². The second kappa shape index (κ2) is 4.74. The Kier molecular flexibility index (Phi) is 3.60. The van der Waals surface area contributed by atoms with Crippen LogP contribution >= 0.6 is 0 Å². The Morgan fingerprint density at radius 1 is 1.12 bits per heavy atom. The van der Waals surface area contributed by atoms with Crippen LogP contribution in [0.25, 0.3) is 0 Å². The van der Waals surface area contributed by atoms with Crippen molar-refractivity contribution in [3.05, 3.63) is 17.2 Å². The van der Waals surface area contributed by atoms with Gasteiger partial charge < -0.3 is 19.9 Å². The molecule has 0 radical (unpaired) electrons. The van der Waals surface area contributed by atoms with Gasteiger partial charge in [-0.15, -0.1) is 0 Å². The summed E-state index contributed by atoms with van der Waals surface area (Å²) in [4.78, 5) is 11.2. The summed E-state index contributed by atoms with van der Waals surface area (Å²) in [5.74, 6) is 0.790. The van der Waals surface area contributed by atoms with Crippen molar-refractivity contribution in [1.29, 1.82) is 0 Å². The smallest absolute Gasteiger partial charge is 0.249 e. The standard InChI is InChI=1S/C11H15NO4/c1-6-7(11(12)13)5-8(14-2)10(16-4)9(6)15-3/h5H,1-4H3,(H2,12,13). The number of rotatable bonds is 4. The molecule has 1 aromatic rings. The van der Waals surface area contributed by atoms with Crippen molar-refractivity contribution in [2.45, 2.75) is 6.92 Å². The van der Waals surface area contributed by atoms with E-state index in [4.69, 9.17) is 19.9 Å². The summed E-state index contributed by atoms with van der Waals surface area (Å²) in [5, 5.41) is 0. The first-order valence-corrected chi connectivity index (χ1v) is 4.66. The van der Waals surface area contributed by atoms with Gasteiger partial charge in [0.15, 0.2) is 11.5 Å². The molecular weight excluding hydrogens is 210 g/mol. The molecule has 0 spiro atoms. The molecule has 1 rings (SSSR count). The summed E-state index contributed by atoms with van der Waals surface area (Å²) in [5.41, 5.74) is 6.25. The van der Waals surface area contributed by atoms with Crippen molar-refractivity contribution >= 4 is 5.91 Å². The van der Waals surface area contributed by atoms with Crippen LogP contribution in [-0.2, 0) is 0 Å². The number of carbonyl (C=O) groups is 1. The molecule has 0 atom stereocenters. The number of ether oxygens (including phenoxy) is 3. The third-order valence-electron chi connectivity index (χ3n) is 2.34. The molecule has 88 valence electrons. The Hall–Kier alpha value is -1.91. The van der Waals surface area contributed by atoms with Gasteiger partial charge in [-0.05, 0) is 13.0 Å². The third kappa shape index (κ3) is 1.88. The van der Waals surface area contributed by atoms with Crippen LogP contribution in [0.5, 0.6) is 17.2 Å². The maximum absolute atomic E-state index is 11.2. The monoisotopic (exact) mass is 225 g/mol. The molecule has 0 aliphatic carbocycles. The zero-order valence-electron chi connectivity index (χ0n) is 9.79. The van der Waals surface area contributed by atoms with Crippen LogP contribution in [0.4, 0.5) is 0 Å². The molecule has 2 N–H and O–H groups in total. The predicted octanol–water partition coefficient (Wildman–Crippen LogP) is 1.12. The second-order valence-electron chi connectivity index (χ2n) is 3.18. The Morgan fingerprint density at radius 3 is 2.06 bits per heavy atom. The van der Waals surface area contributed by atoms with Crippen molar-refractivity contribution in [3.8, 4) is 17.2 Å². The van der Waals surface area contributed by atoms with Crippen LogP contribution in [-0.4, -0.2) is 27.2 Å². The quantitative estimate of drug-likeness (QED) is 0.833. The number of amides is 1. The molecule has 0 aliphatic rings. The van der Waals surface area contributed by atoms with Gasteiger partial charge in [0, 0.05) is 11.1 Å². The molecule has 0 fully saturated rings. The first kappa shape index (κ1) is 12.2. The van der Waals surface area contributed by atoms with Crippen LogP contribution < -0.4 is 19.9 Å². The van der Waals surface area contributed by atoms with Crippen molar-refractivity contribution in [3.63, 3.8) is 0 Å². The van der Waals surface area contributed by atoms with Crippen LogP contribution in [0.15, 0.2) is 6.07 Å². The van der Waals surface area contributed by atoms with Crippen molar-refractivity contribution < 1.29 is 19.0 Å². The predicted molar refractivity (Wildman–Crippen MR) is 59.4 cm³/mol. The zero-order valence-corrected chi connectivity index (χ0v) is 9.79. The van der Waals surface area contributed by atoms with E-state index in [0.29, 0.717) is 28.4 Å². The number of methoxy groups -OCH3 is 3. The van der Waals surface area contributed by atoms with Gasteiger partial charge in [0.05, 0.1) is 21.3 Å². The normalized spacial score (nSPS) is 9.75. The van der Waals surface area contributed by atoms with Crippen molar-refractivity contribution in [2.75, 3.05) is 21.3 Å². The molecular formula is C11H15NO4. The van der Waals surface area contributed by atoms with E-state index in [0.717, 1.165) is 0 Å². The molecule has 1 amide bonds. The van der Waals surface area contributed by atoms with E-state index >= 15 is 0 Å². The molecule has 0 aliphatic heterocycles. The molecule has 0 heterocycles. The molecule has 16 heavy (non-hydrogen) atoms. The molecule has 5 nitrogen and oxygen atoms in total. The molecule has 0 saturated heterocycles. The number of hydrogen-bond acceptors (Lipinski definition) is 4. The number of hydrogen-bond donors (Lipinski definition) is 1. The summed E-state index contributed by atoms with van der Waals surface area (Å²) >= 11 is 0. The van der Waals surface area contributed by atoms with Gasteiger partial charge in [-0.25, -0.2) is 0 Å². The Labute approximate surface area is 94.1 Å². The highest BCUT2D eigenvalue weighted by molar-refractivity contribution is 5.96. The third-order valence-corrected chi connectivity index (χ3v) is 2.34. The molecule has 5 heteroatoms. The SMILES string of the molecule is COc1cc(C(N)=O)c(C)c(OC)c1OC. The molecule has 0 saturated carbocycles.